The van der Waals surface area contributed by atoms with Gasteiger partial charge in [0.25, 0.3) is 0 Å². The third-order valence-electron chi connectivity index (χ3n) is 4.86. The van der Waals surface area contributed by atoms with Crippen LogP contribution < -0.4 is 11.1 Å². The molecule has 164 valence electrons. The summed E-state index contributed by atoms with van der Waals surface area (Å²) < 4.78 is 22.1. The van der Waals surface area contributed by atoms with Gasteiger partial charge in [0, 0.05) is 26.5 Å². The van der Waals surface area contributed by atoms with Gasteiger partial charge in [-0.15, -0.1) is 0 Å². The first-order chi connectivity index (χ1) is 13.2. The second-order valence-corrected chi connectivity index (χ2v) is 6.81. The first-order valence-electron chi connectivity index (χ1n) is 8.95. The average molecular weight is 410 g/mol. The van der Waals surface area contributed by atoms with Crippen molar-refractivity contribution in [3.63, 3.8) is 0 Å². The lowest BCUT2D eigenvalue weighted by Gasteiger charge is -2.47. The summed E-state index contributed by atoms with van der Waals surface area (Å²) in [4.78, 5) is 21.2. The molecule has 28 heavy (non-hydrogen) atoms. The molecule has 10 atom stereocenters. The summed E-state index contributed by atoms with van der Waals surface area (Å²) >= 11 is 0. The zero-order chi connectivity index (χ0) is 21.0. The first-order valence-corrected chi connectivity index (χ1v) is 8.95. The number of rotatable bonds is 7. The predicted octanol–water partition coefficient (Wildman–Crippen LogP) is -2.81. The van der Waals surface area contributed by atoms with Crippen molar-refractivity contribution < 1.29 is 48.8 Å². The van der Waals surface area contributed by atoms with Gasteiger partial charge in [0.2, 0.25) is 5.91 Å². The molecule has 0 aliphatic carbocycles. The van der Waals surface area contributed by atoms with Gasteiger partial charge in [0.1, 0.15) is 30.5 Å². The third-order valence-corrected chi connectivity index (χ3v) is 4.86. The van der Waals surface area contributed by atoms with Crippen molar-refractivity contribution in [2.75, 3.05) is 20.8 Å². The number of nitrogens with two attached hydrogens (primary N) is 1. The van der Waals surface area contributed by atoms with Crippen LogP contribution in [0.2, 0.25) is 0 Å². The first kappa shape index (κ1) is 23.3. The number of ether oxygens (including phenoxy) is 4. The van der Waals surface area contributed by atoms with Gasteiger partial charge in [-0.05, 0) is 0 Å². The summed E-state index contributed by atoms with van der Waals surface area (Å²) in [6.45, 7) is 2.84. The fourth-order valence-corrected chi connectivity index (χ4v) is 3.31. The van der Waals surface area contributed by atoms with Gasteiger partial charge in [0.15, 0.2) is 18.9 Å². The summed E-state index contributed by atoms with van der Waals surface area (Å²) in [6.07, 6.45) is -9.35. The van der Waals surface area contributed by atoms with Crippen molar-refractivity contribution in [2.24, 2.45) is 11.7 Å². The van der Waals surface area contributed by atoms with Crippen molar-refractivity contribution in [1.82, 2.24) is 5.32 Å². The second-order valence-electron chi connectivity index (χ2n) is 6.81. The number of aliphatic hydroxyl groups excluding tert-OH is 3. The highest BCUT2D eigenvalue weighted by atomic mass is 17.2. The minimum absolute atomic E-state index is 0.0448. The van der Waals surface area contributed by atoms with E-state index >= 15 is 0 Å². The lowest BCUT2D eigenvalue weighted by molar-refractivity contribution is -0.437. The number of amides is 1. The Kier molecular flexibility index (Phi) is 8.51. The monoisotopic (exact) mass is 410 g/mol. The fraction of sp³-hybridized carbons (Fsp3) is 0.938. The Balaban J connectivity index is 2.25. The number of carbonyl (C=O) groups is 1. The van der Waals surface area contributed by atoms with Crippen LogP contribution in [0.4, 0.5) is 0 Å². The Morgan fingerprint density at radius 2 is 1.75 bits per heavy atom. The van der Waals surface area contributed by atoms with E-state index in [9.17, 15) is 20.1 Å². The lowest BCUT2D eigenvalue weighted by atomic mass is 9.94. The molecule has 0 aromatic rings. The van der Waals surface area contributed by atoms with Crippen molar-refractivity contribution in [3.05, 3.63) is 0 Å². The maximum Gasteiger partial charge on any atom is 0.217 e. The minimum Gasteiger partial charge on any atom is -0.390 e. The van der Waals surface area contributed by atoms with E-state index in [0.717, 1.165) is 0 Å². The molecule has 1 amide bonds. The third kappa shape index (κ3) is 4.97. The van der Waals surface area contributed by atoms with Gasteiger partial charge < -0.3 is 45.3 Å². The summed E-state index contributed by atoms with van der Waals surface area (Å²) in [6, 6.07) is -0.936. The van der Waals surface area contributed by atoms with Gasteiger partial charge in [0.05, 0.1) is 13.2 Å². The van der Waals surface area contributed by atoms with E-state index < -0.39 is 67.3 Å². The standard InChI is InChI=1S/C16H30N2O10/c1-6-10(20)12(22)16(27-14(6)28-24-4)26-13-9(18-7(2)19)15(23-3)25-8(5-17)11(13)21/h6,8-16,20-22H,5,17H2,1-4H3,(H,18,19). The molecule has 2 heterocycles. The van der Waals surface area contributed by atoms with Crippen LogP contribution in [0.15, 0.2) is 0 Å². The maximum atomic E-state index is 11.6. The molecule has 2 rings (SSSR count). The molecular weight excluding hydrogens is 380 g/mol. The van der Waals surface area contributed by atoms with E-state index in [2.05, 4.69) is 10.2 Å². The average Bonchev–Trinajstić information content (AvgIpc) is 2.66. The molecule has 2 saturated heterocycles. The van der Waals surface area contributed by atoms with Crippen molar-refractivity contribution in [3.8, 4) is 0 Å². The van der Waals surface area contributed by atoms with Gasteiger partial charge in [-0.1, -0.05) is 6.92 Å². The van der Waals surface area contributed by atoms with E-state index in [1.165, 1.54) is 21.1 Å². The highest BCUT2D eigenvalue weighted by Gasteiger charge is 2.51. The Morgan fingerprint density at radius 3 is 2.29 bits per heavy atom. The lowest BCUT2D eigenvalue weighted by Crippen LogP contribution is -2.67. The number of hydrogen-bond acceptors (Lipinski definition) is 11. The molecule has 12 nitrogen and oxygen atoms in total. The molecule has 0 radical (unpaired) electrons. The second kappa shape index (κ2) is 10.2. The van der Waals surface area contributed by atoms with Crippen molar-refractivity contribution in [2.45, 2.75) is 69.3 Å². The quantitative estimate of drug-likeness (QED) is 0.217. The summed E-state index contributed by atoms with van der Waals surface area (Å²) in [5.41, 5.74) is 5.64. The van der Waals surface area contributed by atoms with Gasteiger partial charge >= 0.3 is 0 Å². The largest absolute Gasteiger partial charge is 0.390 e. The molecule has 2 aliphatic heterocycles. The Bertz CT molecular complexity index is 512. The Labute approximate surface area is 162 Å². The van der Waals surface area contributed by atoms with E-state index in [1.807, 2.05) is 0 Å². The maximum absolute atomic E-state index is 11.6. The predicted molar refractivity (Wildman–Crippen MR) is 91.1 cm³/mol. The van der Waals surface area contributed by atoms with Gasteiger partial charge in [-0.3, -0.25) is 4.79 Å². The van der Waals surface area contributed by atoms with Crippen LogP contribution in [0.25, 0.3) is 0 Å². The van der Waals surface area contributed by atoms with E-state index in [1.54, 1.807) is 6.92 Å². The van der Waals surface area contributed by atoms with Crippen LogP contribution in [0, 0.1) is 5.92 Å². The number of methoxy groups -OCH3 is 1. The molecule has 2 aliphatic rings. The molecule has 12 heteroatoms. The highest BCUT2D eigenvalue weighted by molar-refractivity contribution is 5.73. The zero-order valence-corrected chi connectivity index (χ0v) is 16.3. The zero-order valence-electron chi connectivity index (χ0n) is 16.3. The Morgan fingerprint density at radius 1 is 1.07 bits per heavy atom. The number of hydrogen-bond donors (Lipinski definition) is 5. The molecular formula is C16H30N2O10. The molecule has 2 fully saturated rings. The van der Waals surface area contributed by atoms with Crippen LogP contribution in [0.3, 0.4) is 0 Å². The SMILES string of the molecule is COOC1OC(OC2C(O)C(CN)OC(OC)C2NC(C)=O)C(O)C(O)C1C. The van der Waals surface area contributed by atoms with Crippen molar-refractivity contribution in [1.29, 1.82) is 0 Å². The van der Waals surface area contributed by atoms with E-state index in [-0.39, 0.29) is 6.54 Å². The van der Waals surface area contributed by atoms with Crippen LogP contribution in [-0.2, 0) is 33.5 Å². The van der Waals surface area contributed by atoms with Crippen LogP contribution in [0.5, 0.6) is 0 Å². The van der Waals surface area contributed by atoms with Crippen LogP contribution >= 0.6 is 0 Å². The Hall–Kier alpha value is -0.930. The van der Waals surface area contributed by atoms with Crippen LogP contribution in [0.1, 0.15) is 13.8 Å². The number of aliphatic hydroxyl groups is 3. The van der Waals surface area contributed by atoms with E-state index in [4.69, 9.17) is 29.6 Å². The van der Waals surface area contributed by atoms with Gasteiger partial charge in [-0.2, -0.15) is 0 Å². The normalized spacial score (nSPS) is 44.3. The number of carbonyl (C=O) groups excluding carboxylic acids is 1. The highest BCUT2D eigenvalue weighted by Crippen LogP contribution is 2.31. The molecule has 6 N–H and O–H groups in total. The summed E-state index contributed by atoms with van der Waals surface area (Å²) in [5.74, 6) is -1.04. The molecule has 10 unspecified atom stereocenters. The van der Waals surface area contributed by atoms with Gasteiger partial charge in [-0.25, -0.2) is 9.78 Å². The minimum atomic E-state index is -1.45. The summed E-state index contributed by atoms with van der Waals surface area (Å²) in [7, 11) is 2.63. The fourth-order valence-electron chi connectivity index (χ4n) is 3.31. The molecule has 0 aromatic carbocycles. The molecule has 0 saturated carbocycles. The number of nitrogens with one attached hydrogen (secondary N) is 1. The topological polar surface area (TPSA) is 171 Å². The molecule has 0 aromatic heterocycles. The van der Waals surface area contributed by atoms with E-state index in [0.29, 0.717) is 0 Å². The summed E-state index contributed by atoms with van der Waals surface area (Å²) in [5, 5.41) is 33.9. The van der Waals surface area contributed by atoms with Crippen LogP contribution in [-0.4, -0.2) is 97.4 Å². The smallest absolute Gasteiger partial charge is 0.217 e. The molecule has 0 bridgehead atoms. The molecule has 0 spiro atoms. The van der Waals surface area contributed by atoms with Crippen molar-refractivity contribution >= 4 is 5.91 Å².